The molecule has 0 unspecified atom stereocenters. The molecule has 0 aliphatic heterocycles. The first kappa shape index (κ1) is 21.3. The summed E-state index contributed by atoms with van der Waals surface area (Å²) in [6, 6.07) is -0.888. The number of amides is 1. The van der Waals surface area contributed by atoms with Crippen LogP contribution in [-0.2, 0) is 19.1 Å². The summed E-state index contributed by atoms with van der Waals surface area (Å²) in [5.74, 6) is -1.07. The molecule has 0 heterocycles. The summed E-state index contributed by atoms with van der Waals surface area (Å²) >= 11 is 1.41. The van der Waals surface area contributed by atoms with Crippen molar-refractivity contribution in [2.24, 2.45) is 5.92 Å². The van der Waals surface area contributed by atoms with E-state index in [1.165, 1.54) is 11.8 Å². The summed E-state index contributed by atoms with van der Waals surface area (Å²) in [6.07, 6.45) is 2.52. The highest BCUT2D eigenvalue weighted by atomic mass is 32.2. The first-order valence-corrected chi connectivity index (χ1v) is 8.78. The van der Waals surface area contributed by atoms with Gasteiger partial charge in [0.25, 0.3) is 0 Å². The number of thioether (sulfide) groups is 1. The molecule has 0 aliphatic rings. The molecule has 8 heteroatoms. The Bertz CT molecular complexity index is 473. The van der Waals surface area contributed by atoms with Gasteiger partial charge in [0, 0.05) is 6.42 Å². The van der Waals surface area contributed by atoms with Crippen LogP contribution in [0.5, 0.6) is 0 Å². The standard InChI is InChI=1S/C15H25N3O4S/c1-9(2)13(23-5)14(20)18-12(15(21)22-10(3)4)7-6-11(19)8-17-16/h8-10,12-13,16H,6-7H2,1-5H3/p+1/t12-,13-/m0/s1. The number of nitrogens with zero attached hydrogens (tertiary/aromatic N) is 1. The zero-order valence-electron chi connectivity index (χ0n) is 14.3. The molecule has 0 saturated heterocycles. The fraction of sp³-hybridized carbons (Fsp3) is 0.733. The van der Waals surface area contributed by atoms with E-state index in [0.29, 0.717) is 0 Å². The molecule has 7 nitrogen and oxygen atoms in total. The highest BCUT2D eigenvalue weighted by molar-refractivity contribution is 7.99. The number of nitrogens with one attached hydrogen (secondary N) is 2. The molecule has 23 heavy (non-hydrogen) atoms. The summed E-state index contributed by atoms with van der Waals surface area (Å²) in [6.45, 7) is 7.29. The van der Waals surface area contributed by atoms with Crippen molar-refractivity contribution in [1.29, 1.82) is 5.53 Å². The number of carbonyl (C=O) groups is 3. The summed E-state index contributed by atoms with van der Waals surface area (Å²) in [4.78, 5) is 38.8. The molecule has 0 fully saturated rings. The maximum Gasteiger partial charge on any atom is 0.372 e. The second kappa shape index (κ2) is 11.0. The average molecular weight is 344 g/mol. The van der Waals surface area contributed by atoms with Crippen LogP contribution in [0.3, 0.4) is 0 Å². The van der Waals surface area contributed by atoms with Gasteiger partial charge in [0.1, 0.15) is 6.04 Å². The smallest absolute Gasteiger partial charge is 0.372 e. The lowest BCUT2D eigenvalue weighted by Crippen LogP contribution is -2.47. The lowest BCUT2D eigenvalue weighted by atomic mass is 10.1. The minimum absolute atomic E-state index is 0.00609. The Labute approximate surface area is 141 Å². The van der Waals surface area contributed by atoms with Crippen LogP contribution in [0, 0.1) is 11.4 Å². The van der Waals surface area contributed by atoms with Crippen LogP contribution >= 0.6 is 11.8 Å². The summed E-state index contributed by atoms with van der Waals surface area (Å²) < 4.78 is 5.14. The Balaban J connectivity index is 4.96. The van der Waals surface area contributed by atoms with Crippen molar-refractivity contribution in [3.63, 3.8) is 0 Å². The average Bonchev–Trinajstić information content (AvgIpc) is 2.43. The van der Waals surface area contributed by atoms with Crippen LogP contribution in [0.4, 0.5) is 0 Å². The number of Topliss-reactive ketones (excluding diaryl/α,β-unsaturated/α-hetero) is 1. The van der Waals surface area contributed by atoms with Gasteiger partial charge < -0.3 is 10.1 Å². The first-order chi connectivity index (χ1) is 10.7. The SMILES string of the molecule is CS[C@H](C(=O)N[C@@H](CCC(=O)C=[N+]=N)C(=O)OC(C)C)C(C)C. The maximum atomic E-state index is 12.3. The molecule has 0 saturated carbocycles. The van der Waals surface area contributed by atoms with Crippen LogP contribution in [0.2, 0.25) is 0 Å². The van der Waals surface area contributed by atoms with E-state index in [1.54, 1.807) is 13.8 Å². The highest BCUT2D eigenvalue weighted by Crippen LogP contribution is 2.17. The normalized spacial score (nSPS) is 13.2. The van der Waals surface area contributed by atoms with Gasteiger partial charge in [-0.3, -0.25) is 9.59 Å². The van der Waals surface area contributed by atoms with Crippen molar-refractivity contribution in [2.75, 3.05) is 6.26 Å². The Kier molecular flexibility index (Phi) is 10.2. The lowest BCUT2D eigenvalue weighted by molar-refractivity contribution is -0.151. The number of esters is 1. The van der Waals surface area contributed by atoms with Crippen LogP contribution in [0.15, 0.2) is 0 Å². The molecule has 2 N–H and O–H groups in total. The lowest BCUT2D eigenvalue weighted by Gasteiger charge is -2.23. The number of ketones is 1. The Morgan fingerprint density at radius 2 is 1.87 bits per heavy atom. The van der Waals surface area contributed by atoms with Gasteiger partial charge in [-0.05, 0) is 32.4 Å². The number of carbonyl (C=O) groups excluding carboxylic acids is 3. The largest absolute Gasteiger partial charge is 0.461 e. The number of rotatable bonds is 10. The van der Waals surface area contributed by atoms with E-state index in [-0.39, 0.29) is 41.8 Å². The van der Waals surface area contributed by atoms with Gasteiger partial charge in [-0.25, -0.2) is 4.79 Å². The van der Waals surface area contributed by atoms with E-state index >= 15 is 0 Å². The van der Waals surface area contributed by atoms with E-state index in [0.717, 1.165) is 6.21 Å². The molecule has 0 rings (SSSR count). The molecular weight excluding hydrogens is 318 g/mol. The van der Waals surface area contributed by atoms with E-state index in [2.05, 4.69) is 10.1 Å². The van der Waals surface area contributed by atoms with Gasteiger partial charge in [-0.1, -0.05) is 13.8 Å². The molecule has 0 aromatic rings. The molecule has 0 aromatic heterocycles. The van der Waals surface area contributed by atoms with Crippen molar-refractivity contribution in [3.8, 4) is 0 Å². The maximum absolute atomic E-state index is 12.3. The fourth-order valence-corrected chi connectivity index (χ4v) is 2.75. The van der Waals surface area contributed by atoms with Gasteiger partial charge in [0.15, 0.2) is 0 Å². The molecular formula is C15H26N3O4S+. The highest BCUT2D eigenvalue weighted by Gasteiger charge is 2.28. The Hall–Kier alpha value is -1.66. The summed E-state index contributed by atoms with van der Waals surface area (Å²) in [5, 5.41) is 2.39. The van der Waals surface area contributed by atoms with Gasteiger partial charge in [-0.2, -0.15) is 11.8 Å². The molecule has 2 atom stereocenters. The van der Waals surface area contributed by atoms with Gasteiger partial charge in [-0.15, -0.1) is 0 Å². The monoisotopic (exact) mass is 344 g/mol. The first-order valence-electron chi connectivity index (χ1n) is 7.49. The van der Waals surface area contributed by atoms with Crippen LogP contribution in [0.1, 0.15) is 40.5 Å². The number of hydrogen-bond acceptors (Lipinski definition) is 6. The molecule has 1 amide bonds. The molecule has 0 bridgehead atoms. The molecule has 130 valence electrons. The second-order valence-electron chi connectivity index (χ2n) is 5.71. The van der Waals surface area contributed by atoms with E-state index in [1.807, 2.05) is 20.1 Å². The van der Waals surface area contributed by atoms with Crippen molar-refractivity contribution in [3.05, 3.63) is 0 Å². The predicted molar refractivity (Wildman–Crippen MR) is 88.6 cm³/mol. The molecule has 0 radical (unpaired) electrons. The van der Waals surface area contributed by atoms with Gasteiger partial charge in [0.2, 0.25) is 11.7 Å². The number of ether oxygens (including phenoxy) is 1. The quantitative estimate of drug-likeness (QED) is 0.270. The third kappa shape index (κ3) is 8.52. The van der Waals surface area contributed by atoms with E-state index in [9.17, 15) is 14.4 Å². The fourth-order valence-electron chi connectivity index (χ4n) is 1.92. The van der Waals surface area contributed by atoms with E-state index < -0.39 is 12.0 Å². The number of hydrogen-bond donors (Lipinski definition) is 2. The minimum Gasteiger partial charge on any atom is -0.461 e. The van der Waals surface area contributed by atoms with Crippen LogP contribution in [0.25, 0.3) is 0 Å². The molecule has 0 aliphatic carbocycles. The van der Waals surface area contributed by atoms with Crippen molar-refractivity contribution >= 4 is 35.6 Å². The zero-order chi connectivity index (χ0) is 18.0. The van der Waals surface area contributed by atoms with Crippen LogP contribution in [-0.4, -0.2) is 52.3 Å². The third-order valence-electron chi connectivity index (χ3n) is 2.96. The van der Waals surface area contributed by atoms with Crippen molar-refractivity contribution < 1.29 is 23.9 Å². The summed E-state index contributed by atoms with van der Waals surface area (Å²) in [7, 11) is 0. The zero-order valence-corrected chi connectivity index (χ0v) is 15.1. The van der Waals surface area contributed by atoms with Crippen molar-refractivity contribution in [1.82, 2.24) is 5.32 Å². The summed E-state index contributed by atoms with van der Waals surface area (Å²) in [5.41, 5.74) is 6.62. The van der Waals surface area contributed by atoms with Crippen LogP contribution < -0.4 is 5.32 Å². The van der Waals surface area contributed by atoms with E-state index in [4.69, 9.17) is 10.3 Å². The van der Waals surface area contributed by atoms with Gasteiger partial charge in [0.05, 0.1) is 21.7 Å². The predicted octanol–water partition coefficient (Wildman–Crippen LogP) is 1.47. The third-order valence-corrected chi connectivity index (χ3v) is 4.22. The van der Waals surface area contributed by atoms with Gasteiger partial charge >= 0.3 is 12.2 Å². The van der Waals surface area contributed by atoms with Crippen molar-refractivity contribution in [2.45, 2.75) is 57.9 Å². The second-order valence-corrected chi connectivity index (χ2v) is 6.69. The Morgan fingerprint density at radius 3 is 2.30 bits per heavy atom. The molecule has 0 spiro atoms. The topological polar surface area (TPSA) is 110 Å². The molecule has 0 aromatic carbocycles. The minimum atomic E-state index is -0.888. The Morgan fingerprint density at radius 1 is 1.26 bits per heavy atom.